The van der Waals surface area contributed by atoms with E-state index in [0.29, 0.717) is 68.2 Å². The number of aliphatic imine (C=N–C) groups is 1. The van der Waals surface area contributed by atoms with Gasteiger partial charge in [-0.05, 0) is 203 Å². The number of aryl methyl sites for hydroxylation is 1. The van der Waals surface area contributed by atoms with Crippen molar-refractivity contribution < 1.29 is 72.4 Å². The Kier molecular flexibility index (Phi) is 17.9. The molecular weight excluding hydrogens is 1170 g/mol. The molecule has 12 nitrogen and oxygen atoms in total. The first-order valence-electron chi connectivity index (χ1n) is 32.5. The maximum Gasteiger partial charge on any atom is 1.00 e. The molecule has 0 radical (unpaired) electrons. The number of phenolic OH excluding ortho intramolecular Hbond substituents is 1. The predicted octanol–water partition coefficient (Wildman–Crippen LogP) is 10.2. The molecule has 7 aromatic rings. The average molecular weight is 1250 g/mol. The van der Waals surface area contributed by atoms with Crippen molar-refractivity contribution in [2.45, 2.75) is 149 Å². The van der Waals surface area contributed by atoms with E-state index < -0.39 is 56.7 Å². The maximum absolute atomic E-state index is 14.4. The Morgan fingerprint density at radius 3 is 2.40 bits per heavy atom. The summed E-state index contributed by atoms with van der Waals surface area (Å²) in [5.74, 6) is 4.40. The molecule has 14 heteroatoms. The molecule has 0 aromatic heterocycles. The van der Waals surface area contributed by atoms with Gasteiger partial charge < -0.3 is 45.9 Å². The number of nitrogens with two attached hydrogens (primary N) is 2. The van der Waals surface area contributed by atoms with E-state index >= 15 is 0 Å². The number of fused-ring (bicyclic) bond motifs is 9. The zero-order chi connectivity index (χ0) is 62.1. The SMILES string of the molecule is CC1CCc2cc3ccc2C1CC(S(=O)(=O)[O-])C1C=C2CC(CC4CC(CO)CC#Cc5cc(O)ccc5C2O4)C1c1ccc(cc1)C(CC(Cc1ccccc1)C1(O)CCCC(c2ccc(C(O)C4C=Cc5cccc6cccc4c56)cc2)C1)(N=C(N)N)O3.[Na+]. The first kappa shape index (κ1) is 63.2. The molecule has 15 atom stereocenters. The second-order valence-electron chi connectivity index (χ2n) is 27.3. The van der Waals surface area contributed by atoms with Crippen molar-refractivity contribution in [3.63, 3.8) is 0 Å². The van der Waals surface area contributed by atoms with Crippen LogP contribution in [0.3, 0.4) is 0 Å². The van der Waals surface area contributed by atoms with E-state index in [9.17, 15) is 33.4 Å². The van der Waals surface area contributed by atoms with Crippen LogP contribution in [0.15, 0.2) is 174 Å². The molecule has 5 aliphatic heterocycles. The van der Waals surface area contributed by atoms with Crippen molar-refractivity contribution in [2.24, 2.45) is 46.0 Å². The Morgan fingerprint density at radius 1 is 0.857 bits per heavy atom. The van der Waals surface area contributed by atoms with E-state index in [1.54, 1.807) is 12.1 Å². The number of benzene rings is 7. The summed E-state index contributed by atoms with van der Waals surface area (Å²) >= 11 is 0. The molecule has 8 N–H and O–H groups in total. The fourth-order valence-electron chi connectivity index (χ4n) is 17.4. The van der Waals surface area contributed by atoms with Crippen molar-refractivity contribution in [3.8, 4) is 23.3 Å². The van der Waals surface area contributed by atoms with Gasteiger partial charge in [0.1, 0.15) is 17.6 Å². The standard InChI is InChI=1S/C77H81N3O9S.Na/c1-46-18-19-55-39-62-30-33-64(55)68(46)42-70(90(85,86)87)69-41-58-37-57(40-63-36-48(45-81)11-5-15-54-38-61(82)29-32-65(54)74(58)88-63)72(69)52-24-27-59(28-25-52)77(89-62,80-75(78)79)44-60(35-47-9-3-2-4-10-47)76(84)34-8-16-56(43-76)49-20-22-53(23-21-49)73(83)67-31-26-51-13-6-12-50-14-7-17-66(67)71(50)51;/h2-4,6-7,9-10,12-14,17,20-33,38-39,41,46,48,56-57,60,63,67-70,72-74,81-84H,8,11,16,18-19,34-37,40,42-45H2,1H3,(H4,78,79,80)(H,85,86,87);/q;+1/p-1. The predicted molar refractivity (Wildman–Crippen MR) is 350 cm³/mol. The van der Waals surface area contributed by atoms with Gasteiger partial charge in [0.15, 0.2) is 5.96 Å². The quantitative estimate of drug-likeness (QED) is 0.0179. The maximum atomic E-state index is 14.4. The van der Waals surface area contributed by atoms with Crippen LogP contribution in [0.25, 0.3) is 16.8 Å². The molecule has 1 saturated heterocycles. The molecular formula is C77H80N3NaO9S. The van der Waals surface area contributed by atoms with Crippen LogP contribution in [0, 0.1) is 41.4 Å². The molecule has 91 heavy (non-hydrogen) atoms. The van der Waals surface area contributed by atoms with Crippen molar-refractivity contribution in [1.82, 2.24) is 0 Å². The van der Waals surface area contributed by atoms with E-state index in [0.717, 1.165) is 80.3 Å². The van der Waals surface area contributed by atoms with Gasteiger partial charge in [-0.1, -0.05) is 164 Å². The van der Waals surface area contributed by atoms with Crippen LogP contribution >= 0.6 is 0 Å². The van der Waals surface area contributed by atoms with Crippen LogP contribution in [0.4, 0.5) is 0 Å². The van der Waals surface area contributed by atoms with E-state index in [4.69, 9.17) is 25.9 Å². The van der Waals surface area contributed by atoms with Crippen LogP contribution in [0.1, 0.15) is 175 Å². The first-order chi connectivity index (χ1) is 43.5. The van der Waals surface area contributed by atoms with Crippen LogP contribution in [0.5, 0.6) is 11.5 Å². The van der Waals surface area contributed by atoms with Crippen molar-refractivity contribution in [2.75, 3.05) is 6.61 Å². The minimum Gasteiger partial charge on any atom is -0.748 e. The normalized spacial score (nSPS) is 29.5. The van der Waals surface area contributed by atoms with E-state index in [-0.39, 0.29) is 102 Å². The summed E-state index contributed by atoms with van der Waals surface area (Å²) in [6, 6.07) is 50.3. The Labute approximate surface area is 557 Å². The molecule has 9 aliphatic rings. The van der Waals surface area contributed by atoms with Crippen LogP contribution in [-0.2, 0) is 33.4 Å². The molecule has 4 aliphatic carbocycles. The van der Waals surface area contributed by atoms with Crippen LogP contribution < -0.4 is 45.8 Å². The van der Waals surface area contributed by atoms with Gasteiger partial charge in [0.05, 0.1) is 33.2 Å². The molecule has 2 fully saturated rings. The summed E-state index contributed by atoms with van der Waals surface area (Å²) in [6.07, 6.45) is 11.4. The zero-order valence-corrected chi connectivity index (χ0v) is 54.7. The molecule has 7 aromatic carbocycles. The number of hydrogen-bond acceptors (Lipinski definition) is 10. The number of aliphatic hydroxyl groups excluding tert-OH is 2. The second-order valence-corrected chi connectivity index (χ2v) is 28.9. The van der Waals surface area contributed by atoms with Gasteiger partial charge in [-0.2, -0.15) is 0 Å². The van der Waals surface area contributed by atoms with Crippen molar-refractivity contribution >= 4 is 32.9 Å². The third kappa shape index (κ3) is 12.5. The smallest absolute Gasteiger partial charge is 0.748 e. The fourth-order valence-corrected chi connectivity index (χ4v) is 18.5. The third-order valence-corrected chi connectivity index (χ3v) is 23.1. The molecule has 0 amide bonds. The first-order valence-corrected chi connectivity index (χ1v) is 34.0. The number of aromatic hydroxyl groups is 1. The van der Waals surface area contributed by atoms with Gasteiger partial charge >= 0.3 is 29.6 Å². The molecule has 10 bridgehead atoms. The topological polar surface area (TPSA) is 221 Å². The van der Waals surface area contributed by atoms with E-state index in [1.807, 2.05) is 84.9 Å². The van der Waals surface area contributed by atoms with Gasteiger partial charge in [-0.3, -0.25) is 0 Å². The fraction of sp³-hybridized carbons (Fsp3) is 0.390. The number of guanidine groups is 1. The summed E-state index contributed by atoms with van der Waals surface area (Å²) in [5.41, 5.74) is 21.4. The van der Waals surface area contributed by atoms with Gasteiger partial charge in [0, 0.05) is 42.1 Å². The van der Waals surface area contributed by atoms with Gasteiger partial charge in [0.2, 0.25) is 5.72 Å². The summed E-state index contributed by atoms with van der Waals surface area (Å²) in [4.78, 5) is 5.19. The largest absolute Gasteiger partial charge is 1.00 e. The number of hydrogen-bond donors (Lipinski definition) is 6. The number of ether oxygens (including phenoxy) is 2. The summed E-state index contributed by atoms with van der Waals surface area (Å²) in [7, 11) is -4.97. The van der Waals surface area contributed by atoms with Crippen molar-refractivity contribution in [1.29, 1.82) is 0 Å². The Balaban J connectivity index is 0.00000758. The van der Waals surface area contributed by atoms with Gasteiger partial charge in [-0.15, -0.1) is 0 Å². The van der Waals surface area contributed by atoms with E-state index in [1.165, 1.54) is 5.39 Å². The molecule has 15 unspecified atom stereocenters. The van der Waals surface area contributed by atoms with Crippen LogP contribution in [0.2, 0.25) is 0 Å². The zero-order valence-electron chi connectivity index (χ0n) is 51.9. The minimum absolute atomic E-state index is 0. The summed E-state index contributed by atoms with van der Waals surface area (Å²) in [5, 5.41) is 48.3. The monoisotopic (exact) mass is 1250 g/mol. The Hall–Kier alpha value is -6.54. The second kappa shape index (κ2) is 25.7. The number of allylic oxidation sites excluding steroid dienone is 1. The average Bonchev–Trinajstić information content (AvgIpc) is 1.77. The molecule has 1 saturated carbocycles. The van der Waals surface area contributed by atoms with Crippen molar-refractivity contribution in [3.05, 3.63) is 231 Å². The summed E-state index contributed by atoms with van der Waals surface area (Å²) < 4.78 is 57.9. The minimum atomic E-state index is -4.97. The number of rotatable bonds is 11. The molecule has 16 rings (SSSR count). The number of nitrogens with zero attached hydrogens (tertiary/aromatic N) is 1. The molecule has 5 heterocycles. The van der Waals surface area contributed by atoms with Gasteiger partial charge in [0.25, 0.3) is 0 Å². The van der Waals surface area contributed by atoms with Crippen LogP contribution in [-0.4, -0.2) is 62.9 Å². The van der Waals surface area contributed by atoms with Gasteiger partial charge in [-0.25, -0.2) is 13.4 Å². The number of aliphatic hydroxyl groups is 3. The summed E-state index contributed by atoms with van der Waals surface area (Å²) in [6.45, 7) is 2.06. The molecule has 0 spiro atoms. The third-order valence-electron chi connectivity index (χ3n) is 21.8. The van der Waals surface area contributed by atoms with E-state index in [2.05, 4.69) is 91.6 Å². The Bertz CT molecular complexity index is 4120. The molecule has 464 valence electrons. The Morgan fingerprint density at radius 2 is 1.63 bits per heavy atom. The number of phenols is 1.